The van der Waals surface area contributed by atoms with Crippen molar-refractivity contribution in [3.63, 3.8) is 0 Å². The van der Waals surface area contributed by atoms with E-state index in [9.17, 15) is 9.59 Å². The number of hydrogen-bond donors (Lipinski definition) is 1. The predicted octanol–water partition coefficient (Wildman–Crippen LogP) is 2.49. The first-order valence-corrected chi connectivity index (χ1v) is 9.01. The molecule has 1 N–H and O–H groups in total. The Balaban J connectivity index is 1.62. The van der Waals surface area contributed by atoms with Gasteiger partial charge in [-0.25, -0.2) is 9.78 Å². The molecule has 0 aliphatic carbocycles. The van der Waals surface area contributed by atoms with Crippen LogP contribution in [-0.4, -0.2) is 50.8 Å². The van der Waals surface area contributed by atoms with Gasteiger partial charge in [0.2, 0.25) is 0 Å². The summed E-state index contributed by atoms with van der Waals surface area (Å²) in [6.45, 7) is 1.30. The Morgan fingerprint density at radius 2 is 1.93 bits per heavy atom. The van der Waals surface area contributed by atoms with Gasteiger partial charge in [-0.2, -0.15) is 0 Å². The first-order chi connectivity index (χ1) is 13.6. The zero-order valence-electron chi connectivity index (χ0n) is 15.9. The van der Waals surface area contributed by atoms with Crippen molar-refractivity contribution < 1.29 is 23.8 Å². The molecule has 0 saturated carbocycles. The molecule has 2 aromatic rings. The zero-order chi connectivity index (χ0) is 19.9. The van der Waals surface area contributed by atoms with Crippen molar-refractivity contribution in [1.29, 1.82) is 0 Å². The lowest BCUT2D eigenvalue weighted by atomic mass is 10.2. The molecular weight excluding hydrogens is 362 g/mol. The molecule has 28 heavy (non-hydrogen) atoms. The Labute approximate surface area is 163 Å². The minimum atomic E-state index is -0.577. The number of nitrogens with zero attached hydrogens (tertiary/aromatic N) is 2. The van der Waals surface area contributed by atoms with Gasteiger partial charge in [-0.05, 0) is 37.1 Å². The fraction of sp³-hybridized carbons (Fsp3) is 0.350. The molecule has 0 spiro atoms. The number of methoxy groups -OCH3 is 2. The molecule has 1 aliphatic rings. The molecule has 0 radical (unpaired) electrons. The quantitative estimate of drug-likeness (QED) is 0.732. The van der Waals surface area contributed by atoms with Crippen LogP contribution in [0.1, 0.15) is 23.2 Å². The van der Waals surface area contributed by atoms with Crippen LogP contribution in [0.5, 0.6) is 11.5 Å². The number of ether oxygens (including phenoxy) is 3. The summed E-state index contributed by atoms with van der Waals surface area (Å²) >= 11 is 0. The van der Waals surface area contributed by atoms with Gasteiger partial charge in [0.05, 0.1) is 19.9 Å². The second-order valence-electron chi connectivity index (χ2n) is 6.26. The van der Waals surface area contributed by atoms with Gasteiger partial charge in [0, 0.05) is 25.4 Å². The van der Waals surface area contributed by atoms with Gasteiger partial charge in [-0.3, -0.25) is 4.79 Å². The minimum absolute atomic E-state index is 0.360. The smallest absolute Gasteiger partial charge is 0.342 e. The Hall–Kier alpha value is -3.29. The third kappa shape index (κ3) is 4.51. The topological polar surface area (TPSA) is 90.0 Å². The maximum Gasteiger partial charge on any atom is 0.342 e. The summed E-state index contributed by atoms with van der Waals surface area (Å²) in [7, 11) is 3.04. The maximum absolute atomic E-state index is 12.5. The Morgan fingerprint density at radius 3 is 2.64 bits per heavy atom. The standard InChI is InChI=1S/C20H23N3O5/c1-26-14-7-8-16(17(12-14)27-2)22-18(24)13-28-20(25)15-6-5-9-21-19(15)23-10-3-4-11-23/h5-9,12H,3-4,10-11,13H2,1-2H3,(H,22,24). The van der Waals surface area contributed by atoms with Crippen LogP contribution >= 0.6 is 0 Å². The number of carbonyl (C=O) groups excluding carboxylic acids is 2. The van der Waals surface area contributed by atoms with Crippen LogP contribution < -0.4 is 19.7 Å². The molecule has 1 aromatic carbocycles. The zero-order valence-corrected chi connectivity index (χ0v) is 15.9. The number of amides is 1. The molecule has 1 aromatic heterocycles. The second kappa shape index (κ2) is 9.07. The molecule has 0 bridgehead atoms. The van der Waals surface area contributed by atoms with Crippen molar-refractivity contribution in [3.05, 3.63) is 42.1 Å². The van der Waals surface area contributed by atoms with Gasteiger partial charge in [0.25, 0.3) is 5.91 Å². The second-order valence-corrected chi connectivity index (χ2v) is 6.26. The fourth-order valence-electron chi connectivity index (χ4n) is 3.03. The van der Waals surface area contributed by atoms with E-state index in [1.54, 1.807) is 43.6 Å². The molecular formula is C20H23N3O5. The average molecular weight is 385 g/mol. The van der Waals surface area contributed by atoms with Crippen LogP contribution in [0, 0.1) is 0 Å². The van der Waals surface area contributed by atoms with Crippen LogP contribution in [-0.2, 0) is 9.53 Å². The number of benzene rings is 1. The minimum Gasteiger partial charge on any atom is -0.497 e. The Morgan fingerprint density at radius 1 is 1.14 bits per heavy atom. The Kier molecular flexibility index (Phi) is 6.31. The van der Waals surface area contributed by atoms with E-state index in [4.69, 9.17) is 14.2 Å². The SMILES string of the molecule is COc1ccc(NC(=O)COC(=O)c2cccnc2N2CCCC2)c(OC)c1. The number of esters is 1. The van der Waals surface area contributed by atoms with Crippen molar-refractivity contribution in [2.24, 2.45) is 0 Å². The number of carbonyl (C=O) groups is 2. The van der Waals surface area contributed by atoms with Crippen LogP contribution in [0.3, 0.4) is 0 Å². The summed E-state index contributed by atoms with van der Waals surface area (Å²) in [5.41, 5.74) is 0.822. The summed E-state index contributed by atoms with van der Waals surface area (Å²) in [6.07, 6.45) is 3.78. The summed E-state index contributed by atoms with van der Waals surface area (Å²) in [4.78, 5) is 31.1. The van der Waals surface area contributed by atoms with E-state index >= 15 is 0 Å². The van der Waals surface area contributed by atoms with E-state index < -0.39 is 18.5 Å². The molecule has 3 rings (SSSR count). The van der Waals surface area contributed by atoms with E-state index in [2.05, 4.69) is 15.2 Å². The molecule has 1 saturated heterocycles. The number of aromatic nitrogens is 1. The van der Waals surface area contributed by atoms with E-state index in [1.807, 2.05) is 0 Å². The van der Waals surface area contributed by atoms with E-state index in [-0.39, 0.29) is 0 Å². The number of hydrogen-bond acceptors (Lipinski definition) is 7. The molecule has 8 heteroatoms. The van der Waals surface area contributed by atoms with E-state index in [0.717, 1.165) is 25.9 Å². The van der Waals surface area contributed by atoms with Crippen LogP contribution in [0.2, 0.25) is 0 Å². The van der Waals surface area contributed by atoms with Gasteiger partial charge in [0.15, 0.2) is 6.61 Å². The van der Waals surface area contributed by atoms with Crippen molar-refractivity contribution in [2.75, 3.05) is 44.1 Å². The summed E-state index contributed by atoms with van der Waals surface area (Å²) < 4.78 is 15.6. The highest BCUT2D eigenvalue weighted by atomic mass is 16.5. The molecule has 1 fully saturated rings. The van der Waals surface area contributed by atoms with Crippen LogP contribution in [0.15, 0.2) is 36.5 Å². The fourth-order valence-corrected chi connectivity index (χ4v) is 3.03. The lowest BCUT2D eigenvalue weighted by molar-refractivity contribution is -0.119. The average Bonchev–Trinajstić information content (AvgIpc) is 3.27. The monoisotopic (exact) mass is 385 g/mol. The van der Waals surface area contributed by atoms with Crippen LogP contribution in [0.4, 0.5) is 11.5 Å². The number of rotatable bonds is 7. The van der Waals surface area contributed by atoms with Gasteiger partial charge in [-0.15, -0.1) is 0 Å². The van der Waals surface area contributed by atoms with Crippen molar-refractivity contribution in [2.45, 2.75) is 12.8 Å². The first kappa shape index (κ1) is 19.5. The molecule has 0 atom stereocenters. The number of anilines is 2. The lowest BCUT2D eigenvalue weighted by Gasteiger charge is -2.19. The molecule has 1 aliphatic heterocycles. The highest BCUT2D eigenvalue weighted by Crippen LogP contribution is 2.29. The molecule has 0 unspecified atom stereocenters. The lowest BCUT2D eigenvalue weighted by Crippen LogP contribution is -2.25. The highest BCUT2D eigenvalue weighted by Gasteiger charge is 2.22. The van der Waals surface area contributed by atoms with Crippen molar-refractivity contribution in [1.82, 2.24) is 4.98 Å². The maximum atomic E-state index is 12.5. The summed E-state index contributed by atoms with van der Waals surface area (Å²) in [5.74, 6) is 0.604. The molecule has 8 nitrogen and oxygen atoms in total. The normalized spacial score (nSPS) is 13.1. The van der Waals surface area contributed by atoms with Crippen LogP contribution in [0.25, 0.3) is 0 Å². The molecule has 1 amide bonds. The molecule has 148 valence electrons. The number of nitrogens with one attached hydrogen (secondary N) is 1. The Bertz CT molecular complexity index is 849. The van der Waals surface area contributed by atoms with Crippen molar-refractivity contribution >= 4 is 23.4 Å². The number of pyridine rings is 1. The van der Waals surface area contributed by atoms with E-state index in [1.165, 1.54) is 7.11 Å². The predicted molar refractivity (Wildman–Crippen MR) is 104 cm³/mol. The molecule has 2 heterocycles. The third-order valence-electron chi connectivity index (χ3n) is 4.43. The van der Waals surface area contributed by atoms with Gasteiger partial charge in [-0.1, -0.05) is 0 Å². The van der Waals surface area contributed by atoms with Gasteiger partial charge >= 0.3 is 5.97 Å². The van der Waals surface area contributed by atoms with Gasteiger partial charge in [0.1, 0.15) is 22.9 Å². The summed E-state index contributed by atoms with van der Waals surface area (Å²) in [5, 5.41) is 2.67. The summed E-state index contributed by atoms with van der Waals surface area (Å²) in [6, 6.07) is 8.34. The van der Waals surface area contributed by atoms with Gasteiger partial charge < -0.3 is 24.4 Å². The third-order valence-corrected chi connectivity index (χ3v) is 4.43. The van der Waals surface area contributed by atoms with E-state index in [0.29, 0.717) is 28.6 Å². The highest BCUT2D eigenvalue weighted by molar-refractivity contribution is 5.98. The first-order valence-electron chi connectivity index (χ1n) is 9.01. The largest absolute Gasteiger partial charge is 0.497 e. The van der Waals surface area contributed by atoms with Crippen molar-refractivity contribution in [3.8, 4) is 11.5 Å².